The molecule has 2 heterocycles. The summed E-state index contributed by atoms with van der Waals surface area (Å²) >= 11 is 0. The molecule has 0 radical (unpaired) electrons. The van der Waals surface area contributed by atoms with Crippen LogP contribution in [0.5, 0.6) is 0 Å². The van der Waals surface area contributed by atoms with E-state index in [0.29, 0.717) is 24.9 Å². The third-order valence-corrected chi connectivity index (χ3v) is 4.44. The molecule has 1 fully saturated rings. The van der Waals surface area contributed by atoms with Crippen LogP contribution in [0, 0.1) is 0 Å². The normalized spacial score (nSPS) is 21.2. The average Bonchev–Trinajstić information content (AvgIpc) is 2.83. The van der Waals surface area contributed by atoms with Gasteiger partial charge in [-0.05, 0) is 32.4 Å². The van der Waals surface area contributed by atoms with Gasteiger partial charge in [-0.3, -0.25) is 19.3 Å². The number of carbonyl (C=O) groups excluding carboxylic acids is 3. The minimum atomic E-state index is -0.551. The molecular weight excluding hydrogens is 294 g/mol. The lowest BCUT2D eigenvalue weighted by molar-refractivity contribution is -0.150. The summed E-state index contributed by atoms with van der Waals surface area (Å²) < 4.78 is 0. The minimum Gasteiger partial charge on any atom is -0.383 e. The van der Waals surface area contributed by atoms with Crippen LogP contribution in [0.25, 0.3) is 0 Å². The van der Waals surface area contributed by atoms with Gasteiger partial charge >= 0.3 is 0 Å². The van der Waals surface area contributed by atoms with Crippen LogP contribution in [0.3, 0.4) is 0 Å². The van der Waals surface area contributed by atoms with Crippen molar-refractivity contribution in [2.75, 3.05) is 12.4 Å². The molecule has 0 spiro atoms. The number of amides is 3. The SMILES string of the molecule is CC(C)Nc1cccc2c1CN(C1CCC(=O)N(C)C1=O)C2=O. The molecular formula is C17H21N3O3. The van der Waals surface area contributed by atoms with E-state index in [1.807, 2.05) is 26.0 Å². The Morgan fingerprint density at radius 3 is 2.65 bits per heavy atom. The molecule has 3 rings (SSSR count). The summed E-state index contributed by atoms with van der Waals surface area (Å²) in [6.45, 7) is 4.49. The van der Waals surface area contributed by atoms with E-state index in [0.717, 1.165) is 16.2 Å². The van der Waals surface area contributed by atoms with Gasteiger partial charge in [0.2, 0.25) is 5.91 Å². The van der Waals surface area contributed by atoms with Gasteiger partial charge in [0, 0.05) is 42.9 Å². The fourth-order valence-corrected chi connectivity index (χ4v) is 3.24. The smallest absolute Gasteiger partial charge is 0.255 e. The van der Waals surface area contributed by atoms with E-state index < -0.39 is 6.04 Å². The van der Waals surface area contributed by atoms with Crippen molar-refractivity contribution in [3.05, 3.63) is 29.3 Å². The lowest BCUT2D eigenvalue weighted by atomic mass is 10.0. The van der Waals surface area contributed by atoms with Crippen LogP contribution >= 0.6 is 0 Å². The maximum absolute atomic E-state index is 12.7. The largest absolute Gasteiger partial charge is 0.383 e. The van der Waals surface area contributed by atoms with Crippen molar-refractivity contribution in [3.63, 3.8) is 0 Å². The van der Waals surface area contributed by atoms with Crippen molar-refractivity contribution in [3.8, 4) is 0 Å². The summed E-state index contributed by atoms with van der Waals surface area (Å²) in [5.41, 5.74) is 2.50. The number of benzene rings is 1. The van der Waals surface area contributed by atoms with E-state index in [1.54, 1.807) is 11.0 Å². The summed E-state index contributed by atoms with van der Waals surface area (Å²) in [5.74, 6) is -0.605. The maximum atomic E-state index is 12.7. The van der Waals surface area contributed by atoms with E-state index in [9.17, 15) is 14.4 Å². The predicted octanol–water partition coefficient (Wildman–Crippen LogP) is 1.61. The van der Waals surface area contributed by atoms with Gasteiger partial charge in [0.25, 0.3) is 11.8 Å². The van der Waals surface area contributed by atoms with Crippen LogP contribution in [0.15, 0.2) is 18.2 Å². The number of rotatable bonds is 3. The molecule has 0 bridgehead atoms. The van der Waals surface area contributed by atoms with Gasteiger partial charge in [-0.2, -0.15) is 0 Å². The fourth-order valence-electron chi connectivity index (χ4n) is 3.24. The molecule has 2 aliphatic heterocycles. The topological polar surface area (TPSA) is 69.7 Å². The van der Waals surface area contributed by atoms with Crippen LogP contribution in [0.2, 0.25) is 0 Å². The molecule has 1 atom stereocenters. The molecule has 6 heteroatoms. The summed E-state index contributed by atoms with van der Waals surface area (Å²) in [5, 5.41) is 3.35. The van der Waals surface area contributed by atoms with Crippen molar-refractivity contribution in [1.29, 1.82) is 0 Å². The van der Waals surface area contributed by atoms with Gasteiger partial charge in [0.05, 0.1) is 0 Å². The van der Waals surface area contributed by atoms with Crippen molar-refractivity contribution in [2.45, 2.75) is 45.3 Å². The number of nitrogens with one attached hydrogen (secondary N) is 1. The maximum Gasteiger partial charge on any atom is 0.255 e. The first-order valence-corrected chi connectivity index (χ1v) is 7.90. The number of piperidine rings is 1. The molecule has 1 N–H and O–H groups in total. The molecule has 1 unspecified atom stereocenters. The fraction of sp³-hybridized carbons (Fsp3) is 0.471. The molecule has 1 aromatic rings. The molecule has 23 heavy (non-hydrogen) atoms. The van der Waals surface area contributed by atoms with Crippen LogP contribution < -0.4 is 5.32 Å². The highest BCUT2D eigenvalue weighted by molar-refractivity contribution is 6.06. The van der Waals surface area contributed by atoms with Crippen molar-refractivity contribution in [2.24, 2.45) is 0 Å². The van der Waals surface area contributed by atoms with Crippen LogP contribution in [-0.4, -0.2) is 46.7 Å². The molecule has 0 aromatic heterocycles. The number of likely N-dealkylation sites (tertiary alicyclic amines) is 1. The third kappa shape index (κ3) is 2.58. The van der Waals surface area contributed by atoms with E-state index in [4.69, 9.17) is 0 Å². The zero-order valence-electron chi connectivity index (χ0n) is 13.6. The van der Waals surface area contributed by atoms with Crippen LogP contribution in [0.4, 0.5) is 5.69 Å². The van der Waals surface area contributed by atoms with Crippen molar-refractivity contribution in [1.82, 2.24) is 9.80 Å². The number of carbonyl (C=O) groups is 3. The van der Waals surface area contributed by atoms with E-state index in [1.165, 1.54) is 7.05 Å². The highest BCUT2D eigenvalue weighted by Crippen LogP contribution is 2.33. The Kier molecular flexibility index (Phi) is 3.83. The van der Waals surface area contributed by atoms with Gasteiger partial charge in [-0.1, -0.05) is 6.07 Å². The molecule has 2 aliphatic rings. The molecule has 1 aromatic carbocycles. The van der Waals surface area contributed by atoms with Crippen molar-refractivity contribution < 1.29 is 14.4 Å². The van der Waals surface area contributed by atoms with E-state index in [-0.39, 0.29) is 23.8 Å². The number of hydrogen-bond donors (Lipinski definition) is 1. The summed E-state index contributed by atoms with van der Waals surface area (Å²) in [4.78, 5) is 39.5. The van der Waals surface area contributed by atoms with Gasteiger partial charge in [0.1, 0.15) is 6.04 Å². The molecule has 3 amide bonds. The second kappa shape index (κ2) is 5.68. The third-order valence-electron chi connectivity index (χ3n) is 4.44. The Labute approximate surface area is 135 Å². The van der Waals surface area contributed by atoms with Crippen molar-refractivity contribution >= 4 is 23.4 Å². The molecule has 122 valence electrons. The van der Waals surface area contributed by atoms with E-state index >= 15 is 0 Å². The number of imide groups is 1. The van der Waals surface area contributed by atoms with Crippen LogP contribution in [-0.2, 0) is 16.1 Å². The molecule has 6 nitrogen and oxygen atoms in total. The number of anilines is 1. The number of hydrogen-bond acceptors (Lipinski definition) is 4. The highest BCUT2D eigenvalue weighted by atomic mass is 16.2. The lowest BCUT2D eigenvalue weighted by Crippen LogP contribution is -2.53. The molecule has 1 saturated heterocycles. The van der Waals surface area contributed by atoms with Crippen LogP contribution in [0.1, 0.15) is 42.6 Å². The summed E-state index contributed by atoms with van der Waals surface area (Å²) in [7, 11) is 1.48. The first-order valence-electron chi connectivity index (χ1n) is 7.90. The monoisotopic (exact) mass is 315 g/mol. The Morgan fingerprint density at radius 2 is 1.96 bits per heavy atom. The average molecular weight is 315 g/mol. The van der Waals surface area contributed by atoms with Gasteiger partial charge in [0.15, 0.2) is 0 Å². The Morgan fingerprint density at radius 1 is 1.22 bits per heavy atom. The quantitative estimate of drug-likeness (QED) is 0.860. The molecule has 0 aliphatic carbocycles. The lowest BCUT2D eigenvalue weighted by Gasteiger charge is -2.33. The standard InChI is InChI=1S/C17H21N3O3/c1-10(2)18-13-6-4-5-11-12(13)9-20(16(11)22)14-7-8-15(21)19(3)17(14)23/h4-6,10,14,18H,7-9H2,1-3H3. The zero-order chi connectivity index (χ0) is 16.7. The van der Waals surface area contributed by atoms with Gasteiger partial charge in [-0.15, -0.1) is 0 Å². The number of fused-ring (bicyclic) bond motifs is 1. The second-order valence-electron chi connectivity index (χ2n) is 6.41. The van der Waals surface area contributed by atoms with Gasteiger partial charge < -0.3 is 10.2 Å². The first-order chi connectivity index (χ1) is 10.9. The highest BCUT2D eigenvalue weighted by Gasteiger charge is 2.41. The Bertz CT molecular complexity index is 684. The zero-order valence-corrected chi connectivity index (χ0v) is 13.6. The Hall–Kier alpha value is -2.37. The minimum absolute atomic E-state index is 0.131. The summed E-state index contributed by atoms with van der Waals surface area (Å²) in [6, 6.07) is 5.30. The summed E-state index contributed by atoms with van der Waals surface area (Å²) in [6.07, 6.45) is 0.693. The number of likely N-dealkylation sites (N-methyl/N-ethyl adjacent to an activating group) is 1. The first kappa shape index (κ1) is 15.5. The van der Waals surface area contributed by atoms with E-state index in [2.05, 4.69) is 5.32 Å². The Balaban J connectivity index is 1.89. The van der Waals surface area contributed by atoms with Gasteiger partial charge in [-0.25, -0.2) is 0 Å². The predicted molar refractivity (Wildman–Crippen MR) is 85.9 cm³/mol. The molecule has 0 saturated carbocycles. The number of nitrogens with zero attached hydrogens (tertiary/aromatic N) is 2. The second-order valence-corrected chi connectivity index (χ2v) is 6.41.